The van der Waals surface area contributed by atoms with Gasteiger partial charge in [0.25, 0.3) is 0 Å². The first-order valence-electron chi connectivity index (χ1n) is 13.7. The van der Waals surface area contributed by atoms with E-state index in [2.05, 4.69) is 6.07 Å². The average Bonchev–Trinajstić information content (AvgIpc) is 2.99. The number of nitrogens with two attached hydrogens (primary N) is 1. The number of likely N-dealkylation sites (tertiary alicyclic amines) is 1. The summed E-state index contributed by atoms with van der Waals surface area (Å²) in [5, 5.41) is 10.2. The lowest BCUT2D eigenvalue weighted by Crippen LogP contribution is -2.42. The number of nitriles is 1. The van der Waals surface area contributed by atoms with Crippen molar-refractivity contribution >= 4 is 23.7 Å². The summed E-state index contributed by atoms with van der Waals surface area (Å²) in [7, 11) is 2.42. The molecule has 0 bridgehead atoms. The van der Waals surface area contributed by atoms with Crippen molar-refractivity contribution < 1.29 is 28.6 Å². The van der Waals surface area contributed by atoms with Gasteiger partial charge < -0.3 is 24.8 Å². The lowest BCUT2D eigenvalue weighted by Gasteiger charge is -2.36. The molecule has 0 aromatic heterocycles. The molecule has 1 amide bonds. The van der Waals surface area contributed by atoms with Gasteiger partial charge in [0, 0.05) is 24.7 Å². The van der Waals surface area contributed by atoms with Crippen LogP contribution in [0.25, 0.3) is 0 Å². The molecule has 2 N–H and O–H groups in total. The van der Waals surface area contributed by atoms with Crippen molar-refractivity contribution in [3.8, 4) is 6.07 Å². The minimum Gasteiger partial charge on any atom is -0.466 e. The molecular weight excluding hydrogens is 536 g/mol. The first-order valence-corrected chi connectivity index (χ1v) is 13.7. The highest BCUT2D eigenvalue weighted by Crippen LogP contribution is 2.43. The lowest BCUT2D eigenvalue weighted by molar-refractivity contribution is -0.139. The van der Waals surface area contributed by atoms with E-state index in [1.165, 1.54) is 19.1 Å². The van der Waals surface area contributed by atoms with E-state index >= 15 is 0 Å². The van der Waals surface area contributed by atoms with Gasteiger partial charge in [-0.05, 0) is 56.9 Å². The molecule has 2 aromatic carbocycles. The van der Waals surface area contributed by atoms with Gasteiger partial charge in [-0.25, -0.2) is 14.4 Å². The summed E-state index contributed by atoms with van der Waals surface area (Å²) in [6, 6.07) is 18.3. The summed E-state index contributed by atoms with van der Waals surface area (Å²) in [6.07, 6.45) is 1.38. The van der Waals surface area contributed by atoms with Crippen LogP contribution in [0.4, 0.5) is 10.5 Å². The molecule has 42 heavy (non-hydrogen) atoms. The smallest absolute Gasteiger partial charge is 0.410 e. The van der Waals surface area contributed by atoms with Crippen molar-refractivity contribution in [3.05, 3.63) is 88.4 Å². The van der Waals surface area contributed by atoms with Gasteiger partial charge in [0.1, 0.15) is 17.1 Å². The molecule has 220 valence electrons. The second-order valence-corrected chi connectivity index (χ2v) is 11.2. The lowest BCUT2D eigenvalue weighted by atomic mass is 9.81. The van der Waals surface area contributed by atoms with E-state index in [0.717, 1.165) is 18.4 Å². The quantitative estimate of drug-likeness (QED) is 0.399. The Kier molecular flexibility index (Phi) is 8.90. The van der Waals surface area contributed by atoms with E-state index in [-0.39, 0.29) is 34.7 Å². The van der Waals surface area contributed by atoms with Crippen LogP contribution in [0.5, 0.6) is 0 Å². The number of allylic oxidation sites excluding steroid dienone is 1. The summed E-state index contributed by atoms with van der Waals surface area (Å²) in [4.78, 5) is 42.3. The second kappa shape index (κ2) is 12.4. The fourth-order valence-electron chi connectivity index (χ4n) is 5.42. The van der Waals surface area contributed by atoms with Crippen molar-refractivity contribution in [2.75, 3.05) is 32.2 Å². The molecule has 2 atom stereocenters. The molecule has 2 unspecified atom stereocenters. The van der Waals surface area contributed by atoms with Crippen LogP contribution in [0.2, 0.25) is 0 Å². The van der Waals surface area contributed by atoms with Crippen molar-refractivity contribution in [2.24, 2.45) is 5.73 Å². The SMILES string of the molecule is COC(=O)C1=C(C(=O)OC)N(c2ccc(C3CCCN(C(=O)OC(C)(C)C)C3)cc2)C(N)=C(C#N)C1c1ccccc1. The van der Waals surface area contributed by atoms with Gasteiger partial charge >= 0.3 is 18.0 Å². The predicted octanol–water partition coefficient (Wildman–Crippen LogP) is 4.70. The van der Waals surface area contributed by atoms with E-state index in [0.29, 0.717) is 24.3 Å². The number of hydrogen-bond donors (Lipinski definition) is 1. The normalized spacial score (nSPS) is 19.2. The molecule has 0 spiro atoms. The molecule has 0 aliphatic carbocycles. The monoisotopic (exact) mass is 572 g/mol. The number of anilines is 1. The standard InChI is InChI=1S/C32H36N4O6/c1-32(2,3)42-31(39)35-17-9-12-22(19-35)20-13-15-23(16-14-20)36-27(30(38)41-5)26(29(37)40-4)25(24(18-33)28(36)34)21-10-7-6-8-11-21/h6-8,10-11,13-16,22,25H,9,12,17,19,34H2,1-5H3. The van der Waals surface area contributed by atoms with Gasteiger partial charge in [-0.1, -0.05) is 42.5 Å². The number of rotatable bonds is 5. The fourth-order valence-corrected chi connectivity index (χ4v) is 5.42. The van der Waals surface area contributed by atoms with Gasteiger partial charge in [-0.3, -0.25) is 4.90 Å². The fraction of sp³-hybridized carbons (Fsp3) is 0.375. The summed E-state index contributed by atoms with van der Waals surface area (Å²) in [6.45, 7) is 6.66. The minimum absolute atomic E-state index is 0.000855. The Labute approximate surface area is 245 Å². The van der Waals surface area contributed by atoms with E-state index in [4.69, 9.17) is 19.9 Å². The van der Waals surface area contributed by atoms with E-state index in [1.807, 2.05) is 32.9 Å². The van der Waals surface area contributed by atoms with E-state index in [1.54, 1.807) is 47.4 Å². The third-order valence-corrected chi connectivity index (χ3v) is 7.31. The molecule has 1 saturated heterocycles. The van der Waals surface area contributed by atoms with Gasteiger partial charge in [0.05, 0.1) is 37.4 Å². The summed E-state index contributed by atoms with van der Waals surface area (Å²) < 4.78 is 15.8. The highest BCUT2D eigenvalue weighted by atomic mass is 16.6. The third kappa shape index (κ3) is 6.10. The molecule has 0 saturated carbocycles. The van der Waals surface area contributed by atoms with Gasteiger partial charge in [-0.2, -0.15) is 5.26 Å². The molecule has 10 nitrogen and oxygen atoms in total. The number of carbonyl (C=O) groups excluding carboxylic acids is 3. The molecule has 1 fully saturated rings. The summed E-state index contributed by atoms with van der Waals surface area (Å²) in [5.41, 5.74) is 7.98. The topological polar surface area (TPSA) is 135 Å². The summed E-state index contributed by atoms with van der Waals surface area (Å²) >= 11 is 0. The zero-order chi connectivity index (χ0) is 30.6. The van der Waals surface area contributed by atoms with Crippen LogP contribution in [0.3, 0.4) is 0 Å². The van der Waals surface area contributed by atoms with Crippen LogP contribution in [-0.2, 0) is 23.8 Å². The number of hydrogen-bond acceptors (Lipinski definition) is 9. The Morgan fingerprint density at radius 1 is 0.952 bits per heavy atom. The number of amides is 1. The Hall–Kier alpha value is -4.78. The largest absolute Gasteiger partial charge is 0.466 e. The molecule has 2 heterocycles. The second-order valence-electron chi connectivity index (χ2n) is 11.2. The summed E-state index contributed by atoms with van der Waals surface area (Å²) in [5.74, 6) is -2.44. The molecule has 10 heteroatoms. The maximum atomic E-state index is 13.3. The Morgan fingerprint density at radius 2 is 1.60 bits per heavy atom. The van der Waals surface area contributed by atoms with Crippen LogP contribution in [0.1, 0.15) is 56.6 Å². The van der Waals surface area contributed by atoms with Crippen molar-refractivity contribution in [3.63, 3.8) is 0 Å². The number of esters is 2. The number of methoxy groups -OCH3 is 2. The number of nitrogens with zero attached hydrogens (tertiary/aromatic N) is 3. The third-order valence-electron chi connectivity index (χ3n) is 7.31. The Bertz CT molecular complexity index is 1450. The first kappa shape index (κ1) is 30.2. The van der Waals surface area contributed by atoms with E-state index < -0.39 is 23.5 Å². The highest BCUT2D eigenvalue weighted by molar-refractivity contribution is 6.06. The average molecular weight is 573 g/mol. The zero-order valence-corrected chi connectivity index (χ0v) is 24.5. The van der Waals surface area contributed by atoms with Crippen LogP contribution in [-0.4, -0.2) is 55.8 Å². The van der Waals surface area contributed by atoms with Crippen LogP contribution < -0.4 is 10.6 Å². The number of benzene rings is 2. The van der Waals surface area contributed by atoms with Crippen molar-refractivity contribution in [2.45, 2.75) is 51.0 Å². The molecule has 2 aromatic rings. The molecular formula is C32H36N4O6. The Balaban J connectivity index is 1.75. The van der Waals surface area contributed by atoms with Gasteiger partial charge in [0.15, 0.2) is 0 Å². The Morgan fingerprint density at radius 3 is 2.17 bits per heavy atom. The molecule has 2 aliphatic heterocycles. The van der Waals surface area contributed by atoms with Crippen LogP contribution in [0.15, 0.2) is 77.3 Å². The van der Waals surface area contributed by atoms with Crippen LogP contribution >= 0.6 is 0 Å². The zero-order valence-electron chi connectivity index (χ0n) is 24.5. The maximum Gasteiger partial charge on any atom is 0.410 e. The predicted molar refractivity (Wildman–Crippen MR) is 156 cm³/mol. The van der Waals surface area contributed by atoms with Crippen molar-refractivity contribution in [1.82, 2.24) is 4.90 Å². The highest BCUT2D eigenvalue weighted by Gasteiger charge is 2.43. The molecule has 4 rings (SSSR count). The number of carbonyl (C=O) groups is 3. The maximum absolute atomic E-state index is 13.3. The van der Waals surface area contributed by atoms with Gasteiger partial charge in [-0.15, -0.1) is 0 Å². The van der Waals surface area contributed by atoms with Crippen LogP contribution in [0, 0.1) is 11.3 Å². The first-order chi connectivity index (χ1) is 20.0. The molecule has 2 aliphatic rings. The number of piperidine rings is 1. The number of ether oxygens (including phenoxy) is 3. The van der Waals surface area contributed by atoms with Gasteiger partial charge in [0.2, 0.25) is 0 Å². The molecule has 0 radical (unpaired) electrons. The van der Waals surface area contributed by atoms with E-state index in [9.17, 15) is 19.6 Å². The minimum atomic E-state index is -0.936. The van der Waals surface area contributed by atoms with Crippen molar-refractivity contribution in [1.29, 1.82) is 5.26 Å².